The summed E-state index contributed by atoms with van der Waals surface area (Å²) in [6.07, 6.45) is 2.00. The number of halogens is 1. The molecule has 2 fully saturated rings. The van der Waals surface area contributed by atoms with Gasteiger partial charge in [-0.2, -0.15) is 0 Å². The van der Waals surface area contributed by atoms with Crippen molar-refractivity contribution in [3.05, 3.63) is 39.4 Å². The second-order valence-electron chi connectivity index (χ2n) is 10.9. The van der Waals surface area contributed by atoms with Crippen LogP contribution < -0.4 is 15.8 Å². The largest absolute Gasteiger partial charge is 0.462 e. The Morgan fingerprint density at radius 1 is 1.22 bits per heavy atom. The highest BCUT2D eigenvalue weighted by molar-refractivity contribution is 5.96. The van der Waals surface area contributed by atoms with E-state index < -0.39 is 29.0 Å². The van der Waals surface area contributed by atoms with E-state index in [1.807, 2.05) is 39.5 Å². The van der Waals surface area contributed by atoms with E-state index in [9.17, 15) is 14.4 Å². The Morgan fingerprint density at radius 3 is 2.53 bits per heavy atom. The average Bonchev–Trinajstić information content (AvgIpc) is 3.48. The quantitative estimate of drug-likeness (QED) is 0.577. The Kier molecular flexibility index (Phi) is 7.03. The summed E-state index contributed by atoms with van der Waals surface area (Å²) in [7, 11) is 0. The summed E-state index contributed by atoms with van der Waals surface area (Å²) < 4.78 is 27.6. The van der Waals surface area contributed by atoms with Crippen molar-refractivity contribution in [2.24, 2.45) is 5.92 Å². The number of aryl methyl sites for hydroxylation is 1. The zero-order valence-electron chi connectivity index (χ0n) is 21.9. The van der Waals surface area contributed by atoms with Crippen LogP contribution in [0.5, 0.6) is 0 Å². The van der Waals surface area contributed by atoms with Gasteiger partial charge in [-0.25, -0.2) is 14.0 Å². The molecule has 1 amide bonds. The first-order valence-corrected chi connectivity index (χ1v) is 12.7. The van der Waals surface area contributed by atoms with E-state index in [0.29, 0.717) is 35.2 Å². The molecule has 1 aromatic heterocycles. The lowest BCUT2D eigenvalue weighted by molar-refractivity contribution is 0.0491. The molecule has 0 bridgehead atoms. The first-order chi connectivity index (χ1) is 16.9. The van der Waals surface area contributed by atoms with Crippen LogP contribution in [0.15, 0.2) is 16.9 Å². The van der Waals surface area contributed by atoms with E-state index in [1.165, 1.54) is 12.1 Å². The summed E-state index contributed by atoms with van der Waals surface area (Å²) in [5, 5.41) is 3.42. The van der Waals surface area contributed by atoms with Crippen molar-refractivity contribution in [2.75, 3.05) is 24.6 Å². The highest BCUT2D eigenvalue weighted by atomic mass is 19.1. The predicted octanol–water partition coefficient (Wildman–Crippen LogP) is 4.70. The molecule has 196 valence electrons. The maximum atomic E-state index is 15.6. The van der Waals surface area contributed by atoms with Crippen molar-refractivity contribution in [2.45, 2.75) is 78.5 Å². The summed E-state index contributed by atoms with van der Waals surface area (Å²) in [6, 6.07) is 2.71. The second-order valence-corrected chi connectivity index (χ2v) is 10.9. The molecule has 2 atom stereocenters. The molecule has 9 heteroatoms. The third kappa shape index (κ3) is 5.20. The number of nitrogens with one attached hydrogen (secondary N) is 1. The van der Waals surface area contributed by atoms with Crippen LogP contribution in [0.4, 0.5) is 14.9 Å². The SMILES string of the molecule is CCOC(=O)c1cc2cc(F)c(N3CC[C@H]([C@H](C)NC(=O)OC(C)(C)C)C3)c(C)c2n(C2CC2)c1=O. The Bertz CT molecular complexity index is 1240. The predicted molar refractivity (Wildman–Crippen MR) is 136 cm³/mol. The molecule has 1 aromatic carbocycles. The number of aromatic nitrogens is 1. The minimum Gasteiger partial charge on any atom is -0.462 e. The lowest BCUT2D eigenvalue weighted by Gasteiger charge is -2.27. The van der Waals surface area contributed by atoms with Crippen molar-refractivity contribution in [3.8, 4) is 0 Å². The van der Waals surface area contributed by atoms with Gasteiger partial charge in [-0.3, -0.25) is 4.79 Å². The molecule has 36 heavy (non-hydrogen) atoms. The number of carbonyl (C=O) groups is 2. The summed E-state index contributed by atoms with van der Waals surface area (Å²) in [4.78, 5) is 39.9. The van der Waals surface area contributed by atoms with Gasteiger partial charge in [0.2, 0.25) is 0 Å². The van der Waals surface area contributed by atoms with Crippen molar-refractivity contribution in [3.63, 3.8) is 0 Å². The molecule has 0 spiro atoms. The van der Waals surface area contributed by atoms with Crippen molar-refractivity contribution < 1.29 is 23.5 Å². The lowest BCUT2D eigenvalue weighted by Crippen LogP contribution is -2.42. The molecule has 1 aliphatic heterocycles. The van der Waals surface area contributed by atoms with Crippen molar-refractivity contribution in [1.82, 2.24) is 9.88 Å². The van der Waals surface area contributed by atoms with Gasteiger partial charge in [-0.05, 0) is 84.4 Å². The average molecular weight is 502 g/mol. The van der Waals surface area contributed by atoms with E-state index in [0.717, 1.165) is 19.3 Å². The third-order valence-corrected chi connectivity index (χ3v) is 6.88. The Balaban J connectivity index is 1.65. The van der Waals surface area contributed by atoms with E-state index in [4.69, 9.17) is 9.47 Å². The van der Waals surface area contributed by atoms with Gasteiger partial charge >= 0.3 is 12.1 Å². The second kappa shape index (κ2) is 9.75. The molecule has 2 aromatic rings. The smallest absolute Gasteiger partial charge is 0.407 e. The lowest BCUT2D eigenvalue weighted by atomic mass is 10.0. The molecule has 1 saturated heterocycles. The van der Waals surface area contributed by atoms with Crippen molar-refractivity contribution in [1.29, 1.82) is 0 Å². The fourth-order valence-corrected chi connectivity index (χ4v) is 5.09. The van der Waals surface area contributed by atoms with Crippen LogP contribution in [0.3, 0.4) is 0 Å². The fraction of sp³-hybridized carbons (Fsp3) is 0.593. The molecule has 1 aliphatic carbocycles. The van der Waals surface area contributed by atoms with Gasteiger partial charge in [0, 0.05) is 30.6 Å². The number of esters is 1. The number of alkyl carbamates (subject to hydrolysis) is 1. The number of hydrogen-bond donors (Lipinski definition) is 1. The van der Waals surface area contributed by atoms with E-state index in [2.05, 4.69) is 5.32 Å². The standard InChI is InChI=1S/C27H36FN3O5/c1-7-35-25(33)20-12-18-13-21(28)23(15(2)22(18)31(24(20)32)19-8-9-19)30-11-10-17(14-30)16(3)29-26(34)36-27(4,5)6/h12-13,16-17,19H,7-11,14H2,1-6H3,(H,29,34)/t16-,17-/m0/s1. The summed E-state index contributed by atoms with van der Waals surface area (Å²) in [5.41, 5.74) is 0.770. The van der Waals surface area contributed by atoms with Gasteiger partial charge < -0.3 is 24.3 Å². The number of benzene rings is 1. The molecule has 4 rings (SSSR count). The monoisotopic (exact) mass is 501 g/mol. The normalized spacial score (nSPS) is 18.9. The van der Waals surface area contributed by atoms with Gasteiger partial charge in [-0.15, -0.1) is 0 Å². The Labute approximate surface area is 210 Å². The topological polar surface area (TPSA) is 89.9 Å². The minimum atomic E-state index is -0.685. The number of hydrogen-bond acceptors (Lipinski definition) is 6. The number of carbonyl (C=O) groups excluding carboxylic acids is 2. The first-order valence-electron chi connectivity index (χ1n) is 12.7. The van der Waals surface area contributed by atoms with Crippen LogP contribution in [0.2, 0.25) is 0 Å². The van der Waals surface area contributed by atoms with Crippen LogP contribution in [0, 0.1) is 18.7 Å². The molecule has 0 radical (unpaired) electrons. The molecular weight excluding hydrogens is 465 g/mol. The number of amides is 1. The first kappa shape index (κ1) is 26.0. The van der Waals surface area contributed by atoms with Gasteiger partial charge in [0.25, 0.3) is 5.56 Å². The zero-order chi connectivity index (χ0) is 26.4. The molecule has 2 heterocycles. The highest BCUT2D eigenvalue weighted by Gasteiger charge is 2.34. The number of anilines is 1. The Morgan fingerprint density at radius 2 is 1.92 bits per heavy atom. The van der Waals surface area contributed by atoms with Crippen LogP contribution in [-0.4, -0.2) is 48.0 Å². The fourth-order valence-electron chi connectivity index (χ4n) is 5.09. The van der Waals surface area contributed by atoms with E-state index in [-0.39, 0.29) is 30.2 Å². The molecule has 2 aliphatic rings. The molecule has 0 unspecified atom stereocenters. The number of nitrogens with zero attached hydrogens (tertiary/aromatic N) is 2. The molecule has 1 N–H and O–H groups in total. The van der Waals surface area contributed by atoms with Crippen LogP contribution >= 0.6 is 0 Å². The Hall–Kier alpha value is -3.10. The third-order valence-electron chi connectivity index (χ3n) is 6.88. The molecular formula is C27H36FN3O5. The van der Waals surface area contributed by atoms with E-state index in [1.54, 1.807) is 11.5 Å². The van der Waals surface area contributed by atoms with Crippen molar-refractivity contribution >= 4 is 28.7 Å². The summed E-state index contributed by atoms with van der Waals surface area (Å²) in [5.74, 6) is -0.970. The number of pyridine rings is 1. The van der Waals surface area contributed by atoms with Gasteiger partial charge in [0.05, 0.1) is 17.8 Å². The maximum absolute atomic E-state index is 15.6. The zero-order valence-corrected chi connectivity index (χ0v) is 21.9. The number of rotatable bonds is 6. The number of ether oxygens (including phenoxy) is 2. The van der Waals surface area contributed by atoms with Gasteiger partial charge in [0.15, 0.2) is 0 Å². The van der Waals surface area contributed by atoms with Crippen LogP contribution in [-0.2, 0) is 9.47 Å². The van der Waals surface area contributed by atoms with Crippen LogP contribution in [0.25, 0.3) is 10.9 Å². The van der Waals surface area contributed by atoms with E-state index >= 15 is 4.39 Å². The molecule has 1 saturated carbocycles. The van der Waals surface area contributed by atoms with Crippen LogP contribution in [0.1, 0.15) is 75.8 Å². The molecule has 8 nitrogen and oxygen atoms in total. The van der Waals surface area contributed by atoms with Gasteiger partial charge in [0.1, 0.15) is 17.0 Å². The number of fused-ring (bicyclic) bond motifs is 1. The minimum absolute atomic E-state index is 0.00392. The van der Waals surface area contributed by atoms with Gasteiger partial charge in [-0.1, -0.05) is 0 Å². The highest BCUT2D eigenvalue weighted by Crippen LogP contribution is 2.40. The summed E-state index contributed by atoms with van der Waals surface area (Å²) >= 11 is 0. The summed E-state index contributed by atoms with van der Waals surface area (Å²) in [6.45, 7) is 12.2. The maximum Gasteiger partial charge on any atom is 0.407 e.